The molecule has 2 heterocycles. The number of carbonyl (C=O) groups is 1. The minimum absolute atomic E-state index is 0.177. The highest BCUT2D eigenvalue weighted by molar-refractivity contribution is 5.81. The number of pyridine rings is 1. The molecule has 2 aromatic rings. The fourth-order valence-electron chi connectivity index (χ4n) is 3.54. The minimum atomic E-state index is 0.177. The molecule has 0 saturated carbocycles. The van der Waals surface area contributed by atoms with E-state index < -0.39 is 0 Å². The van der Waals surface area contributed by atoms with Crippen LogP contribution in [0.25, 0.3) is 0 Å². The molecule has 0 aliphatic carbocycles. The molecule has 1 fully saturated rings. The number of aliphatic imine (C=N–C) groups is 1. The Morgan fingerprint density at radius 3 is 2.47 bits per heavy atom. The van der Waals surface area contributed by atoms with Crippen LogP contribution >= 0.6 is 0 Å². The van der Waals surface area contributed by atoms with Gasteiger partial charge in [0.25, 0.3) is 0 Å². The predicted molar refractivity (Wildman–Crippen MR) is 122 cm³/mol. The number of hydrogen-bond acceptors (Lipinski definition) is 4. The molecular weight excluding hydrogens is 376 g/mol. The zero-order chi connectivity index (χ0) is 21.2. The topological polar surface area (TPSA) is 72.9 Å². The van der Waals surface area contributed by atoms with Crippen molar-refractivity contribution in [2.75, 3.05) is 51.2 Å². The highest BCUT2D eigenvalue weighted by Crippen LogP contribution is 2.14. The first-order valence-electron chi connectivity index (χ1n) is 10.6. The quantitative estimate of drug-likeness (QED) is 0.542. The van der Waals surface area contributed by atoms with Crippen LogP contribution in [0.5, 0.6) is 0 Å². The zero-order valence-corrected chi connectivity index (χ0v) is 17.9. The van der Waals surface area contributed by atoms with E-state index in [4.69, 9.17) is 0 Å². The molecular formula is C23H32N6O. The summed E-state index contributed by atoms with van der Waals surface area (Å²) < 4.78 is 0. The van der Waals surface area contributed by atoms with E-state index in [-0.39, 0.29) is 5.91 Å². The van der Waals surface area contributed by atoms with E-state index in [0.717, 1.165) is 44.5 Å². The van der Waals surface area contributed by atoms with Crippen LogP contribution < -0.4 is 15.5 Å². The minimum Gasteiger partial charge on any atom is -0.356 e. The Kier molecular flexibility index (Phi) is 8.06. The predicted octanol–water partition coefficient (Wildman–Crippen LogP) is 2.09. The van der Waals surface area contributed by atoms with Crippen molar-refractivity contribution in [3.8, 4) is 0 Å². The number of hydrogen-bond donors (Lipinski definition) is 2. The van der Waals surface area contributed by atoms with E-state index in [0.29, 0.717) is 18.9 Å². The van der Waals surface area contributed by atoms with Gasteiger partial charge in [-0.25, -0.2) is 4.98 Å². The Balaban J connectivity index is 1.35. The maximum atomic E-state index is 12.6. The van der Waals surface area contributed by atoms with Crippen molar-refractivity contribution in [3.63, 3.8) is 0 Å². The molecule has 30 heavy (non-hydrogen) atoms. The SMILES string of the molecule is CN=C(NCCC(=O)N1CCN(c2ccccn2)CC1)NCC(C)c1ccccc1. The fraction of sp³-hybridized carbons (Fsp3) is 0.435. The third-order valence-corrected chi connectivity index (χ3v) is 5.40. The van der Waals surface area contributed by atoms with E-state index in [1.165, 1.54) is 5.56 Å². The maximum Gasteiger partial charge on any atom is 0.224 e. The van der Waals surface area contributed by atoms with Crippen LogP contribution in [0.1, 0.15) is 24.8 Å². The van der Waals surface area contributed by atoms with E-state index >= 15 is 0 Å². The molecule has 0 spiro atoms. The highest BCUT2D eigenvalue weighted by atomic mass is 16.2. The number of benzene rings is 1. The Hall–Kier alpha value is -3.09. The zero-order valence-electron chi connectivity index (χ0n) is 17.9. The number of amides is 1. The average Bonchev–Trinajstić information content (AvgIpc) is 2.82. The number of guanidine groups is 1. The number of aromatic nitrogens is 1. The van der Waals surface area contributed by atoms with Crippen molar-refractivity contribution >= 4 is 17.7 Å². The second-order valence-corrected chi connectivity index (χ2v) is 7.50. The van der Waals surface area contributed by atoms with Gasteiger partial charge in [-0.15, -0.1) is 0 Å². The molecule has 2 N–H and O–H groups in total. The fourth-order valence-corrected chi connectivity index (χ4v) is 3.54. The number of anilines is 1. The van der Waals surface area contributed by atoms with Crippen LogP contribution in [0.2, 0.25) is 0 Å². The summed E-state index contributed by atoms with van der Waals surface area (Å²) in [7, 11) is 1.75. The van der Waals surface area contributed by atoms with Gasteiger partial charge in [0.1, 0.15) is 5.82 Å². The number of piperazine rings is 1. The first-order chi connectivity index (χ1) is 14.7. The third-order valence-electron chi connectivity index (χ3n) is 5.40. The second-order valence-electron chi connectivity index (χ2n) is 7.50. The van der Waals surface area contributed by atoms with Crippen LogP contribution in [0, 0.1) is 0 Å². The van der Waals surface area contributed by atoms with Crippen molar-refractivity contribution in [1.82, 2.24) is 20.5 Å². The van der Waals surface area contributed by atoms with E-state index in [2.05, 4.69) is 56.7 Å². The van der Waals surface area contributed by atoms with E-state index in [1.807, 2.05) is 29.2 Å². The lowest BCUT2D eigenvalue weighted by molar-refractivity contribution is -0.131. The summed E-state index contributed by atoms with van der Waals surface area (Å²) in [5.41, 5.74) is 1.29. The van der Waals surface area contributed by atoms with Crippen LogP contribution in [-0.4, -0.2) is 68.1 Å². The van der Waals surface area contributed by atoms with Crippen molar-refractivity contribution in [1.29, 1.82) is 0 Å². The molecule has 7 nitrogen and oxygen atoms in total. The normalized spacial score (nSPS) is 15.6. The first kappa shape index (κ1) is 21.6. The molecule has 0 radical (unpaired) electrons. The van der Waals surface area contributed by atoms with Gasteiger partial charge in [0.15, 0.2) is 5.96 Å². The molecule has 1 aromatic carbocycles. The summed E-state index contributed by atoms with van der Waals surface area (Å²) in [5, 5.41) is 6.60. The smallest absolute Gasteiger partial charge is 0.224 e. The second kappa shape index (κ2) is 11.2. The highest BCUT2D eigenvalue weighted by Gasteiger charge is 2.21. The number of carbonyl (C=O) groups excluding carboxylic acids is 1. The van der Waals surface area contributed by atoms with Gasteiger partial charge in [-0.2, -0.15) is 0 Å². The lowest BCUT2D eigenvalue weighted by Gasteiger charge is -2.35. The Labute approximate surface area is 179 Å². The van der Waals surface area contributed by atoms with Crippen molar-refractivity contribution in [3.05, 3.63) is 60.3 Å². The summed E-state index contributed by atoms with van der Waals surface area (Å²) in [5.74, 6) is 2.26. The standard InChI is InChI=1S/C23H32N6O/c1-19(20-8-4-3-5-9-20)18-27-23(24-2)26-13-11-22(30)29-16-14-28(15-17-29)21-10-6-7-12-25-21/h3-10,12,19H,11,13-18H2,1-2H3,(H2,24,26,27). The van der Waals surface area contributed by atoms with Crippen LogP contribution in [0.3, 0.4) is 0 Å². The monoisotopic (exact) mass is 408 g/mol. The van der Waals surface area contributed by atoms with Gasteiger partial charge in [-0.1, -0.05) is 43.3 Å². The molecule has 1 aromatic heterocycles. The molecule has 1 aliphatic rings. The lowest BCUT2D eigenvalue weighted by Crippen LogP contribution is -2.49. The van der Waals surface area contributed by atoms with Crippen LogP contribution in [0.15, 0.2) is 59.7 Å². The van der Waals surface area contributed by atoms with Gasteiger partial charge in [0.05, 0.1) is 0 Å². The molecule has 0 bridgehead atoms. The summed E-state index contributed by atoms with van der Waals surface area (Å²) in [6.07, 6.45) is 2.26. The van der Waals surface area contributed by atoms with E-state index in [9.17, 15) is 4.79 Å². The van der Waals surface area contributed by atoms with Gasteiger partial charge in [-0.05, 0) is 23.6 Å². The first-order valence-corrected chi connectivity index (χ1v) is 10.6. The maximum absolute atomic E-state index is 12.6. The summed E-state index contributed by atoms with van der Waals surface area (Å²) >= 11 is 0. The number of nitrogens with one attached hydrogen (secondary N) is 2. The Morgan fingerprint density at radius 2 is 1.80 bits per heavy atom. The number of rotatable bonds is 7. The molecule has 1 amide bonds. The molecule has 1 unspecified atom stereocenters. The van der Waals surface area contributed by atoms with Crippen molar-refractivity contribution in [2.24, 2.45) is 4.99 Å². The molecule has 1 atom stereocenters. The molecule has 160 valence electrons. The molecule has 3 rings (SSSR count). The lowest BCUT2D eigenvalue weighted by atomic mass is 10.0. The van der Waals surface area contributed by atoms with Gasteiger partial charge in [0.2, 0.25) is 5.91 Å². The summed E-state index contributed by atoms with van der Waals surface area (Å²) in [6, 6.07) is 16.3. The Bertz CT molecular complexity index is 803. The Morgan fingerprint density at radius 1 is 1.07 bits per heavy atom. The average molecular weight is 409 g/mol. The summed E-state index contributed by atoms with van der Waals surface area (Å²) in [4.78, 5) is 25.4. The van der Waals surface area contributed by atoms with Gasteiger partial charge in [-0.3, -0.25) is 9.79 Å². The van der Waals surface area contributed by atoms with Gasteiger partial charge < -0.3 is 20.4 Å². The molecule has 1 saturated heterocycles. The van der Waals surface area contributed by atoms with Crippen LogP contribution in [-0.2, 0) is 4.79 Å². The van der Waals surface area contributed by atoms with E-state index in [1.54, 1.807) is 13.2 Å². The largest absolute Gasteiger partial charge is 0.356 e. The van der Waals surface area contributed by atoms with Gasteiger partial charge >= 0.3 is 0 Å². The van der Waals surface area contributed by atoms with Crippen molar-refractivity contribution in [2.45, 2.75) is 19.3 Å². The number of nitrogens with zero attached hydrogens (tertiary/aromatic N) is 4. The summed E-state index contributed by atoms with van der Waals surface area (Å²) in [6.45, 7) is 6.64. The van der Waals surface area contributed by atoms with Crippen LogP contribution in [0.4, 0.5) is 5.82 Å². The third kappa shape index (κ3) is 6.20. The molecule has 7 heteroatoms. The van der Waals surface area contributed by atoms with Gasteiger partial charge in [0, 0.05) is 58.9 Å². The molecule has 1 aliphatic heterocycles. The van der Waals surface area contributed by atoms with Crippen molar-refractivity contribution < 1.29 is 4.79 Å².